The van der Waals surface area contributed by atoms with Crippen molar-refractivity contribution in [1.29, 1.82) is 0 Å². The first-order valence-electron chi connectivity index (χ1n) is 7.73. The first kappa shape index (κ1) is 14.9. The first-order valence-corrected chi connectivity index (χ1v) is 10.7. The summed E-state index contributed by atoms with van der Waals surface area (Å²) < 4.78 is 5.62. The van der Waals surface area contributed by atoms with Crippen LogP contribution in [-0.4, -0.2) is 15.2 Å². The second-order valence-corrected chi connectivity index (χ2v) is 10.6. The molecule has 0 saturated heterocycles. The minimum absolute atomic E-state index is 1.02. The van der Waals surface area contributed by atoms with Crippen molar-refractivity contribution < 1.29 is 4.74 Å². The van der Waals surface area contributed by atoms with Crippen molar-refractivity contribution in [2.24, 2.45) is 0 Å². The lowest BCUT2D eigenvalue weighted by Gasteiger charge is -2.28. The van der Waals surface area contributed by atoms with E-state index in [4.69, 9.17) is 4.74 Å². The van der Waals surface area contributed by atoms with Crippen molar-refractivity contribution in [3.63, 3.8) is 0 Å². The van der Waals surface area contributed by atoms with Crippen LogP contribution in [0, 0.1) is 0 Å². The third-order valence-corrected chi connectivity index (χ3v) is 8.29. The number of ether oxygens (including phenoxy) is 1. The Morgan fingerprint density at radius 2 is 1.59 bits per heavy atom. The molecule has 0 bridgehead atoms. The van der Waals surface area contributed by atoms with Gasteiger partial charge in [-0.2, -0.15) is 0 Å². The average Bonchev–Trinajstić information content (AvgIpc) is 3.06. The normalized spacial score (nSPS) is 14.5. The highest BCUT2D eigenvalue weighted by atomic mass is 28.3. The summed E-state index contributed by atoms with van der Waals surface area (Å²) in [7, 11) is 0.000942. The highest BCUT2D eigenvalue weighted by Crippen LogP contribution is 2.35. The van der Waals surface area contributed by atoms with Gasteiger partial charge < -0.3 is 4.74 Å². The van der Waals surface area contributed by atoms with Gasteiger partial charge in [-0.25, -0.2) is 0 Å². The summed E-state index contributed by atoms with van der Waals surface area (Å²) in [6.45, 7) is 4.85. The zero-order valence-electron chi connectivity index (χ0n) is 13.5. The highest BCUT2D eigenvalue weighted by molar-refractivity contribution is 6.97. The van der Waals surface area contributed by atoms with Gasteiger partial charge in [0.15, 0.2) is 0 Å². The zero-order valence-corrected chi connectivity index (χ0v) is 14.5. The smallest absolute Gasteiger partial charge is 0.118 e. The third kappa shape index (κ3) is 2.55. The van der Waals surface area contributed by atoms with Crippen LogP contribution < -0.4 is 9.92 Å². The van der Waals surface area contributed by atoms with Gasteiger partial charge in [-0.05, 0) is 28.8 Å². The van der Waals surface area contributed by atoms with Crippen LogP contribution in [0.2, 0.25) is 13.1 Å². The van der Waals surface area contributed by atoms with Crippen LogP contribution >= 0.6 is 0 Å². The summed E-state index contributed by atoms with van der Waals surface area (Å²) in [4.78, 5) is 0. The summed E-state index contributed by atoms with van der Waals surface area (Å²) >= 11 is 0. The molecule has 0 aromatic heterocycles. The molecule has 1 nitrogen and oxygen atoms in total. The monoisotopic (exact) mass is 306 g/mol. The van der Waals surface area contributed by atoms with Gasteiger partial charge in [-0.3, -0.25) is 0 Å². The molecule has 0 unspecified atom stereocenters. The second-order valence-electron chi connectivity index (χ2n) is 6.19. The van der Waals surface area contributed by atoms with E-state index < -0.39 is 8.07 Å². The molecule has 2 aromatic rings. The van der Waals surface area contributed by atoms with Gasteiger partial charge in [0.1, 0.15) is 13.8 Å². The second kappa shape index (κ2) is 5.97. The summed E-state index contributed by atoms with van der Waals surface area (Å²) in [5, 5.41) is 2.97. The fourth-order valence-electron chi connectivity index (χ4n) is 3.31. The Hall–Kier alpha value is -2.06. The number of para-hydroxylation sites is 1. The van der Waals surface area contributed by atoms with Gasteiger partial charge in [0.05, 0.1) is 7.11 Å². The maximum Gasteiger partial charge on any atom is 0.118 e. The topological polar surface area (TPSA) is 9.23 Å². The molecule has 0 atom stereocenters. The van der Waals surface area contributed by atoms with Crippen molar-refractivity contribution in [3.8, 4) is 5.75 Å². The summed E-state index contributed by atoms with van der Waals surface area (Å²) in [5.74, 6) is 1.02. The van der Waals surface area contributed by atoms with Gasteiger partial charge in [0.25, 0.3) is 0 Å². The van der Waals surface area contributed by atoms with Crippen LogP contribution in [0.5, 0.6) is 5.75 Å². The Labute approximate surface area is 134 Å². The summed E-state index contributed by atoms with van der Waals surface area (Å²) in [6.07, 6.45) is 5.64. The van der Waals surface area contributed by atoms with E-state index in [1.807, 2.05) is 6.07 Å². The molecule has 0 N–H and O–H groups in total. The SMILES string of the molecule is COc1ccccc1[Si](C)(C)C1=C(c2ccccc2)C=CC1. The molecule has 0 saturated carbocycles. The molecule has 0 radical (unpaired) electrons. The first-order chi connectivity index (χ1) is 10.6. The number of rotatable bonds is 4. The molecule has 112 valence electrons. The van der Waals surface area contributed by atoms with E-state index in [2.05, 4.69) is 73.8 Å². The predicted molar refractivity (Wildman–Crippen MR) is 97.2 cm³/mol. The number of hydrogen-bond donors (Lipinski definition) is 0. The van der Waals surface area contributed by atoms with Crippen molar-refractivity contribution in [3.05, 3.63) is 77.5 Å². The Balaban J connectivity index is 2.12. The van der Waals surface area contributed by atoms with Crippen molar-refractivity contribution in [1.82, 2.24) is 0 Å². The van der Waals surface area contributed by atoms with E-state index in [0.717, 1.165) is 12.2 Å². The molecule has 22 heavy (non-hydrogen) atoms. The standard InChI is InChI=1S/C20H22OSi/c1-21-18-13-7-8-14-20(18)22(2,3)19-15-9-12-17(19)16-10-5-4-6-11-16/h4-14H,15H2,1-3H3. The third-order valence-electron chi connectivity index (χ3n) is 4.55. The molecule has 2 aromatic carbocycles. The van der Waals surface area contributed by atoms with Crippen LogP contribution in [0.1, 0.15) is 12.0 Å². The summed E-state index contributed by atoms with van der Waals surface area (Å²) in [5.41, 5.74) is 2.73. The molecule has 0 fully saturated rings. The fourth-order valence-corrected chi connectivity index (χ4v) is 6.48. The number of benzene rings is 2. The van der Waals surface area contributed by atoms with E-state index >= 15 is 0 Å². The molecule has 0 aliphatic heterocycles. The number of allylic oxidation sites excluding steroid dienone is 4. The largest absolute Gasteiger partial charge is 0.497 e. The van der Waals surface area contributed by atoms with Crippen LogP contribution in [0.4, 0.5) is 0 Å². The lowest BCUT2D eigenvalue weighted by atomic mass is 10.1. The minimum atomic E-state index is -1.77. The van der Waals surface area contributed by atoms with Gasteiger partial charge in [-0.1, -0.05) is 79.0 Å². The van der Waals surface area contributed by atoms with Crippen LogP contribution in [0.25, 0.3) is 5.57 Å². The lowest BCUT2D eigenvalue weighted by molar-refractivity contribution is 0.418. The van der Waals surface area contributed by atoms with Gasteiger partial charge in [0, 0.05) is 0 Å². The molecule has 2 heteroatoms. The van der Waals surface area contributed by atoms with E-state index in [9.17, 15) is 0 Å². The predicted octanol–water partition coefficient (Wildman–Crippen LogP) is 4.56. The Bertz CT molecular complexity index is 726. The number of hydrogen-bond acceptors (Lipinski definition) is 1. The Kier molecular flexibility index (Phi) is 4.03. The zero-order chi connectivity index (χ0) is 15.6. The molecular formula is C20H22OSi. The van der Waals surface area contributed by atoms with E-state index in [1.165, 1.54) is 16.3 Å². The Morgan fingerprint density at radius 3 is 2.32 bits per heavy atom. The number of methoxy groups -OCH3 is 1. The molecule has 0 heterocycles. The van der Waals surface area contributed by atoms with Crippen LogP contribution in [0.3, 0.4) is 0 Å². The molecule has 0 spiro atoms. The van der Waals surface area contributed by atoms with E-state index in [1.54, 1.807) is 12.3 Å². The maximum atomic E-state index is 5.62. The minimum Gasteiger partial charge on any atom is -0.497 e. The van der Waals surface area contributed by atoms with Crippen molar-refractivity contribution in [2.75, 3.05) is 7.11 Å². The molecule has 0 amide bonds. The molecule has 1 aliphatic carbocycles. The van der Waals surface area contributed by atoms with Crippen molar-refractivity contribution >= 4 is 18.8 Å². The van der Waals surface area contributed by atoms with Gasteiger partial charge in [-0.15, -0.1) is 0 Å². The van der Waals surface area contributed by atoms with Gasteiger partial charge in [0.2, 0.25) is 0 Å². The fraction of sp³-hybridized carbons (Fsp3) is 0.200. The quantitative estimate of drug-likeness (QED) is 0.752. The summed E-state index contributed by atoms with van der Waals surface area (Å²) in [6, 6.07) is 19.2. The molecule has 3 rings (SSSR count). The van der Waals surface area contributed by atoms with E-state index in [-0.39, 0.29) is 0 Å². The highest BCUT2D eigenvalue weighted by Gasteiger charge is 2.33. The Morgan fingerprint density at radius 1 is 0.909 bits per heavy atom. The van der Waals surface area contributed by atoms with Crippen LogP contribution in [0.15, 0.2) is 71.9 Å². The molecular weight excluding hydrogens is 284 g/mol. The van der Waals surface area contributed by atoms with Crippen LogP contribution in [-0.2, 0) is 0 Å². The van der Waals surface area contributed by atoms with Crippen molar-refractivity contribution in [2.45, 2.75) is 19.5 Å². The maximum absolute atomic E-state index is 5.62. The van der Waals surface area contributed by atoms with E-state index in [0.29, 0.717) is 0 Å². The van der Waals surface area contributed by atoms with Gasteiger partial charge >= 0.3 is 0 Å². The molecule has 1 aliphatic rings. The average molecular weight is 306 g/mol. The lowest BCUT2D eigenvalue weighted by Crippen LogP contribution is -2.44.